The molecule has 134 valence electrons. The summed E-state index contributed by atoms with van der Waals surface area (Å²) in [5.74, 6) is 0.174. The predicted octanol–water partition coefficient (Wildman–Crippen LogP) is 3.51. The lowest BCUT2D eigenvalue weighted by atomic mass is 9.94. The molecule has 25 heavy (non-hydrogen) atoms. The normalized spacial score (nSPS) is 15.5. The minimum absolute atomic E-state index is 0.0272. The summed E-state index contributed by atoms with van der Waals surface area (Å²) in [4.78, 5) is 34.2. The van der Waals surface area contributed by atoms with Gasteiger partial charge < -0.3 is 9.80 Å². The van der Waals surface area contributed by atoms with Gasteiger partial charge in [-0.25, -0.2) is 4.98 Å². The third kappa shape index (κ3) is 3.77. The van der Waals surface area contributed by atoms with Crippen LogP contribution in [0.5, 0.6) is 0 Å². The Morgan fingerprint density at radius 3 is 2.32 bits per heavy atom. The van der Waals surface area contributed by atoms with Crippen molar-refractivity contribution in [2.24, 2.45) is 5.41 Å². The molecule has 1 fully saturated rings. The van der Waals surface area contributed by atoms with Gasteiger partial charge in [0.15, 0.2) is 0 Å². The lowest BCUT2D eigenvalue weighted by Crippen LogP contribution is -2.53. The molecular formula is C18H23N3O2S2. The molecule has 0 spiro atoms. The van der Waals surface area contributed by atoms with E-state index in [1.54, 1.807) is 11.3 Å². The molecule has 0 N–H and O–H groups in total. The van der Waals surface area contributed by atoms with Crippen LogP contribution in [0, 0.1) is 12.3 Å². The number of amides is 2. The van der Waals surface area contributed by atoms with E-state index in [9.17, 15) is 9.59 Å². The first-order valence-electron chi connectivity index (χ1n) is 8.36. The molecule has 1 saturated heterocycles. The van der Waals surface area contributed by atoms with E-state index in [-0.39, 0.29) is 17.2 Å². The highest BCUT2D eigenvalue weighted by Crippen LogP contribution is 2.30. The van der Waals surface area contributed by atoms with Crippen LogP contribution in [0.25, 0.3) is 10.6 Å². The molecule has 2 amide bonds. The van der Waals surface area contributed by atoms with Gasteiger partial charge >= 0.3 is 0 Å². The second-order valence-corrected chi connectivity index (χ2v) is 9.06. The smallest absolute Gasteiger partial charge is 0.265 e. The van der Waals surface area contributed by atoms with Crippen molar-refractivity contribution < 1.29 is 9.59 Å². The van der Waals surface area contributed by atoms with Gasteiger partial charge in [0.2, 0.25) is 5.91 Å². The summed E-state index contributed by atoms with van der Waals surface area (Å²) in [6.45, 7) is 10.0. The molecule has 0 bridgehead atoms. The van der Waals surface area contributed by atoms with E-state index in [0.717, 1.165) is 16.3 Å². The van der Waals surface area contributed by atoms with Crippen molar-refractivity contribution in [3.05, 3.63) is 27.4 Å². The molecule has 5 nitrogen and oxygen atoms in total. The Bertz CT molecular complexity index is 767. The third-order valence-corrected chi connectivity index (χ3v) is 6.13. The summed E-state index contributed by atoms with van der Waals surface area (Å²) in [5.41, 5.74) is 1.47. The van der Waals surface area contributed by atoms with Gasteiger partial charge in [-0.3, -0.25) is 9.59 Å². The zero-order chi connectivity index (χ0) is 18.2. The molecular weight excluding hydrogens is 354 g/mol. The van der Waals surface area contributed by atoms with Gasteiger partial charge in [-0.1, -0.05) is 20.8 Å². The number of carbonyl (C=O) groups excluding carboxylic acids is 2. The maximum Gasteiger partial charge on any atom is 0.265 e. The highest BCUT2D eigenvalue weighted by molar-refractivity contribution is 7.17. The monoisotopic (exact) mass is 377 g/mol. The van der Waals surface area contributed by atoms with Crippen LogP contribution in [-0.2, 0) is 4.79 Å². The summed E-state index contributed by atoms with van der Waals surface area (Å²) < 4.78 is 0. The predicted molar refractivity (Wildman–Crippen MR) is 102 cm³/mol. The molecule has 7 heteroatoms. The molecule has 0 radical (unpaired) electrons. The Balaban J connectivity index is 1.68. The lowest BCUT2D eigenvalue weighted by molar-refractivity contribution is -0.140. The highest BCUT2D eigenvalue weighted by atomic mass is 32.1. The minimum Gasteiger partial charge on any atom is -0.339 e. The Morgan fingerprint density at radius 1 is 1.12 bits per heavy atom. The average molecular weight is 378 g/mol. The topological polar surface area (TPSA) is 53.5 Å². The molecule has 2 aromatic rings. The van der Waals surface area contributed by atoms with Crippen LogP contribution in [0.2, 0.25) is 0 Å². The first kappa shape index (κ1) is 18.1. The van der Waals surface area contributed by atoms with E-state index in [1.807, 2.05) is 54.3 Å². The van der Waals surface area contributed by atoms with E-state index in [0.29, 0.717) is 31.1 Å². The largest absolute Gasteiger partial charge is 0.339 e. The zero-order valence-corrected chi connectivity index (χ0v) is 16.7. The fraction of sp³-hybridized carbons (Fsp3) is 0.500. The summed E-state index contributed by atoms with van der Waals surface area (Å²) in [6.07, 6.45) is 0. The quantitative estimate of drug-likeness (QED) is 0.805. The summed E-state index contributed by atoms with van der Waals surface area (Å²) >= 11 is 3.08. The number of thiazole rings is 1. The van der Waals surface area contributed by atoms with Crippen LogP contribution >= 0.6 is 22.7 Å². The van der Waals surface area contributed by atoms with Gasteiger partial charge in [-0.15, -0.1) is 11.3 Å². The number of carbonyl (C=O) groups is 2. The van der Waals surface area contributed by atoms with E-state index in [2.05, 4.69) is 4.98 Å². The fourth-order valence-corrected chi connectivity index (χ4v) is 4.58. The molecule has 0 aromatic carbocycles. The van der Waals surface area contributed by atoms with Crippen LogP contribution in [0.4, 0.5) is 0 Å². The van der Waals surface area contributed by atoms with Crippen molar-refractivity contribution >= 4 is 34.5 Å². The van der Waals surface area contributed by atoms with Gasteiger partial charge in [-0.05, 0) is 18.4 Å². The number of aromatic nitrogens is 1. The van der Waals surface area contributed by atoms with Crippen LogP contribution < -0.4 is 0 Å². The van der Waals surface area contributed by atoms with Crippen LogP contribution in [-0.4, -0.2) is 52.8 Å². The van der Waals surface area contributed by atoms with Gasteiger partial charge in [0.1, 0.15) is 9.88 Å². The standard InChI is InChI=1S/C18H23N3O2S2/c1-12-14(25-15(19-12)13-5-10-24-11-13)16(22)20-6-8-21(9-7-20)17(23)18(2,3)4/h5,10-11H,6-9H2,1-4H3. The van der Waals surface area contributed by atoms with Crippen LogP contribution in [0.3, 0.4) is 0 Å². The second kappa shape index (κ2) is 6.88. The molecule has 0 atom stereocenters. The zero-order valence-electron chi connectivity index (χ0n) is 15.0. The number of hydrogen-bond donors (Lipinski definition) is 0. The maximum absolute atomic E-state index is 12.9. The van der Waals surface area contributed by atoms with E-state index in [1.165, 1.54) is 11.3 Å². The lowest BCUT2D eigenvalue weighted by Gasteiger charge is -2.37. The van der Waals surface area contributed by atoms with Gasteiger partial charge in [-0.2, -0.15) is 11.3 Å². The molecule has 0 saturated carbocycles. The molecule has 3 rings (SSSR count). The highest BCUT2D eigenvalue weighted by Gasteiger charge is 2.32. The van der Waals surface area contributed by atoms with E-state index < -0.39 is 0 Å². The first-order chi connectivity index (χ1) is 11.8. The Morgan fingerprint density at radius 2 is 1.76 bits per heavy atom. The van der Waals surface area contributed by atoms with Crippen molar-refractivity contribution in [1.82, 2.24) is 14.8 Å². The summed E-state index contributed by atoms with van der Waals surface area (Å²) in [7, 11) is 0. The Labute approximate surface area is 156 Å². The number of rotatable bonds is 2. The second-order valence-electron chi connectivity index (χ2n) is 7.28. The van der Waals surface area contributed by atoms with E-state index >= 15 is 0 Å². The van der Waals surface area contributed by atoms with Gasteiger partial charge in [0.05, 0.1) is 5.69 Å². The average Bonchev–Trinajstić information content (AvgIpc) is 3.22. The van der Waals surface area contributed by atoms with Crippen LogP contribution in [0.15, 0.2) is 16.8 Å². The van der Waals surface area contributed by atoms with Gasteiger partial charge in [0, 0.05) is 42.5 Å². The van der Waals surface area contributed by atoms with Crippen LogP contribution in [0.1, 0.15) is 36.1 Å². The fourth-order valence-electron chi connectivity index (χ4n) is 2.84. The maximum atomic E-state index is 12.9. The van der Waals surface area contributed by atoms with Crippen molar-refractivity contribution in [3.8, 4) is 10.6 Å². The Hall–Kier alpha value is -1.73. The van der Waals surface area contributed by atoms with Gasteiger partial charge in [0.25, 0.3) is 5.91 Å². The summed E-state index contributed by atoms with van der Waals surface area (Å²) in [6, 6.07) is 2.02. The number of hydrogen-bond acceptors (Lipinski definition) is 5. The third-order valence-electron chi connectivity index (χ3n) is 4.25. The molecule has 0 unspecified atom stereocenters. The Kier molecular flexibility index (Phi) is 4.97. The molecule has 3 heterocycles. The van der Waals surface area contributed by atoms with Crippen molar-refractivity contribution in [2.45, 2.75) is 27.7 Å². The molecule has 1 aliphatic heterocycles. The van der Waals surface area contributed by atoms with E-state index in [4.69, 9.17) is 0 Å². The number of piperazine rings is 1. The summed E-state index contributed by atoms with van der Waals surface area (Å²) in [5, 5.41) is 4.95. The van der Waals surface area contributed by atoms with Crippen molar-refractivity contribution in [2.75, 3.05) is 26.2 Å². The minimum atomic E-state index is -0.379. The number of aryl methyl sites for hydroxylation is 1. The molecule has 0 aliphatic carbocycles. The van der Waals surface area contributed by atoms with Crippen molar-refractivity contribution in [1.29, 1.82) is 0 Å². The first-order valence-corrected chi connectivity index (χ1v) is 10.1. The SMILES string of the molecule is Cc1nc(-c2ccsc2)sc1C(=O)N1CCN(C(=O)C(C)(C)C)CC1. The molecule has 1 aliphatic rings. The number of nitrogens with zero attached hydrogens (tertiary/aromatic N) is 3. The number of thiophene rings is 1. The molecule has 2 aromatic heterocycles. The van der Waals surface area contributed by atoms with Crippen molar-refractivity contribution in [3.63, 3.8) is 0 Å².